The van der Waals surface area contributed by atoms with Gasteiger partial charge in [0.25, 0.3) is 0 Å². The van der Waals surface area contributed by atoms with Crippen molar-refractivity contribution in [2.45, 2.75) is 24.7 Å². The Kier molecular flexibility index (Phi) is 2.84. The molecular weight excluding hydrogens is 212 g/mol. The monoisotopic (exact) mass is 227 g/mol. The molecule has 1 aromatic carbocycles. The molecule has 0 amide bonds. The molecule has 0 bridgehead atoms. The molecule has 0 unspecified atom stereocenters. The molecule has 1 aliphatic carbocycles. The van der Waals surface area contributed by atoms with Crippen LogP contribution in [0.4, 0.5) is 8.78 Å². The molecule has 0 radical (unpaired) electrons. The van der Waals surface area contributed by atoms with Crippen LogP contribution in [0.25, 0.3) is 0 Å². The van der Waals surface area contributed by atoms with Gasteiger partial charge in [0.2, 0.25) is 0 Å². The van der Waals surface area contributed by atoms with Crippen LogP contribution in [-0.2, 0) is 5.41 Å². The average Bonchev–Trinajstić information content (AvgIpc) is 3.03. The lowest BCUT2D eigenvalue weighted by Crippen LogP contribution is -2.15. The number of nitrogens with two attached hydrogens (primary N) is 1. The predicted molar refractivity (Wildman–Crippen MR) is 57.5 cm³/mol. The van der Waals surface area contributed by atoms with Crippen molar-refractivity contribution in [3.8, 4) is 5.75 Å². The zero-order chi connectivity index (χ0) is 11.8. The van der Waals surface area contributed by atoms with Gasteiger partial charge in [-0.2, -0.15) is 0 Å². The SMILES string of the molecule is COc1cc(F)c(F)cc1C1(CCN)CC1. The second-order valence-corrected chi connectivity index (χ2v) is 4.29. The molecule has 0 spiro atoms. The summed E-state index contributed by atoms with van der Waals surface area (Å²) in [6, 6.07) is 2.36. The summed E-state index contributed by atoms with van der Waals surface area (Å²) < 4.78 is 31.4. The lowest BCUT2D eigenvalue weighted by molar-refractivity contribution is 0.392. The summed E-state index contributed by atoms with van der Waals surface area (Å²) in [6.07, 6.45) is 2.71. The van der Waals surface area contributed by atoms with E-state index in [4.69, 9.17) is 10.5 Å². The fourth-order valence-electron chi connectivity index (χ4n) is 2.19. The van der Waals surface area contributed by atoms with E-state index < -0.39 is 11.6 Å². The summed E-state index contributed by atoms with van der Waals surface area (Å²) in [5.74, 6) is -1.27. The highest BCUT2D eigenvalue weighted by Gasteiger charge is 2.45. The molecule has 1 aliphatic rings. The fourth-order valence-corrected chi connectivity index (χ4v) is 2.19. The zero-order valence-corrected chi connectivity index (χ0v) is 9.22. The Morgan fingerprint density at radius 2 is 1.94 bits per heavy atom. The van der Waals surface area contributed by atoms with Crippen LogP contribution >= 0.6 is 0 Å². The largest absolute Gasteiger partial charge is 0.496 e. The lowest BCUT2D eigenvalue weighted by Gasteiger charge is -2.18. The number of rotatable bonds is 4. The second kappa shape index (κ2) is 4.01. The van der Waals surface area contributed by atoms with Crippen LogP contribution in [0.5, 0.6) is 5.75 Å². The highest BCUT2D eigenvalue weighted by Crippen LogP contribution is 2.53. The van der Waals surface area contributed by atoms with E-state index >= 15 is 0 Å². The van der Waals surface area contributed by atoms with E-state index in [1.54, 1.807) is 0 Å². The van der Waals surface area contributed by atoms with Crippen LogP contribution in [-0.4, -0.2) is 13.7 Å². The number of hydrogen-bond donors (Lipinski definition) is 1. The molecule has 2 rings (SSSR count). The van der Waals surface area contributed by atoms with Gasteiger partial charge in [-0.1, -0.05) is 0 Å². The molecule has 0 saturated heterocycles. The Bertz CT molecular complexity index is 402. The van der Waals surface area contributed by atoms with Crippen LogP contribution in [0, 0.1) is 11.6 Å². The topological polar surface area (TPSA) is 35.2 Å². The normalized spacial score (nSPS) is 17.2. The summed E-state index contributed by atoms with van der Waals surface area (Å²) in [5.41, 5.74) is 6.20. The molecule has 16 heavy (non-hydrogen) atoms. The van der Waals surface area contributed by atoms with E-state index in [0.717, 1.165) is 30.9 Å². The molecule has 0 atom stereocenters. The lowest BCUT2D eigenvalue weighted by atomic mass is 9.91. The molecule has 0 aromatic heterocycles. The highest BCUT2D eigenvalue weighted by atomic mass is 19.2. The minimum Gasteiger partial charge on any atom is -0.496 e. The summed E-state index contributed by atoms with van der Waals surface area (Å²) in [6.45, 7) is 0.544. The van der Waals surface area contributed by atoms with Crippen LogP contribution in [0.1, 0.15) is 24.8 Å². The first-order valence-corrected chi connectivity index (χ1v) is 5.36. The van der Waals surface area contributed by atoms with E-state index in [9.17, 15) is 8.78 Å². The van der Waals surface area contributed by atoms with Crippen molar-refractivity contribution in [1.82, 2.24) is 0 Å². The van der Waals surface area contributed by atoms with Crippen molar-refractivity contribution in [2.24, 2.45) is 5.73 Å². The summed E-state index contributed by atoms with van der Waals surface area (Å²) in [5, 5.41) is 0. The third-order valence-corrected chi connectivity index (χ3v) is 3.29. The van der Waals surface area contributed by atoms with E-state index in [-0.39, 0.29) is 5.41 Å². The van der Waals surface area contributed by atoms with Gasteiger partial charge >= 0.3 is 0 Å². The van der Waals surface area contributed by atoms with Gasteiger partial charge in [0.1, 0.15) is 5.75 Å². The number of ether oxygens (including phenoxy) is 1. The number of halogens is 2. The van der Waals surface area contributed by atoms with Gasteiger partial charge in [0, 0.05) is 17.0 Å². The van der Waals surface area contributed by atoms with E-state index in [1.165, 1.54) is 13.2 Å². The molecule has 0 heterocycles. The molecular formula is C12H15F2NO. The van der Waals surface area contributed by atoms with Crippen LogP contribution in [0.3, 0.4) is 0 Å². The maximum Gasteiger partial charge on any atom is 0.162 e. The maximum atomic E-state index is 13.2. The molecule has 88 valence electrons. The van der Waals surface area contributed by atoms with Gasteiger partial charge in [0.15, 0.2) is 11.6 Å². The predicted octanol–water partition coefficient (Wildman–Crippen LogP) is 2.35. The minimum absolute atomic E-state index is 0.0887. The maximum absolute atomic E-state index is 13.2. The van der Waals surface area contributed by atoms with Gasteiger partial charge in [-0.15, -0.1) is 0 Å². The fraction of sp³-hybridized carbons (Fsp3) is 0.500. The van der Waals surface area contributed by atoms with Crippen molar-refractivity contribution < 1.29 is 13.5 Å². The van der Waals surface area contributed by atoms with E-state index in [0.29, 0.717) is 12.3 Å². The number of methoxy groups -OCH3 is 1. The van der Waals surface area contributed by atoms with Gasteiger partial charge in [0.05, 0.1) is 7.11 Å². The molecule has 1 saturated carbocycles. The first kappa shape index (κ1) is 11.3. The smallest absolute Gasteiger partial charge is 0.162 e. The first-order chi connectivity index (χ1) is 7.63. The average molecular weight is 227 g/mol. The van der Waals surface area contributed by atoms with Crippen molar-refractivity contribution in [1.29, 1.82) is 0 Å². The first-order valence-electron chi connectivity index (χ1n) is 5.36. The van der Waals surface area contributed by atoms with E-state index in [2.05, 4.69) is 0 Å². The molecule has 0 aliphatic heterocycles. The third kappa shape index (κ3) is 1.78. The molecule has 1 fully saturated rings. The Morgan fingerprint density at radius 1 is 1.31 bits per heavy atom. The number of benzene rings is 1. The molecule has 1 aromatic rings. The van der Waals surface area contributed by atoms with Crippen molar-refractivity contribution in [3.05, 3.63) is 29.3 Å². The minimum atomic E-state index is -0.871. The molecule has 2 N–H and O–H groups in total. The Hall–Kier alpha value is -1.16. The van der Waals surface area contributed by atoms with E-state index in [1.807, 2.05) is 0 Å². The van der Waals surface area contributed by atoms with Gasteiger partial charge in [-0.05, 0) is 31.9 Å². The van der Waals surface area contributed by atoms with Crippen molar-refractivity contribution in [3.63, 3.8) is 0 Å². The van der Waals surface area contributed by atoms with Crippen molar-refractivity contribution >= 4 is 0 Å². The number of hydrogen-bond acceptors (Lipinski definition) is 2. The Morgan fingerprint density at radius 3 is 2.44 bits per heavy atom. The molecule has 2 nitrogen and oxygen atoms in total. The van der Waals surface area contributed by atoms with Crippen LogP contribution < -0.4 is 10.5 Å². The summed E-state index contributed by atoms with van der Waals surface area (Å²) >= 11 is 0. The van der Waals surface area contributed by atoms with Crippen molar-refractivity contribution in [2.75, 3.05) is 13.7 Å². The molecule has 4 heteroatoms. The van der Waals surface area contributed by atoms with Crippen LogP contribution in [0.15, 0.2) is 12.1 Å². The third-order valence-electron chi connectivity index (χ3n) is 3.29. The summed E-state index contributed by atoms with van der Waals surface area (Å²) in [4.78, 5) is 0. The van der Waals surface area contributed by atoms with Crippen LogP contribution in [0.2, 0.25) is 0 Å². The Labute approximate surface area is 93.4 Å². The second-order valence-electron chi connectivity index (χ2n) is 4.29. The Balaban J connectivity index is 2.43. The summed E-state index contributed by atoms with van der Waals surface area (Å²) in [7, 11) is 1.47. The highest BCUT2D eigenvalue weighted by molar-refractivity contribution is 5.44. The van der Waals surface area contributed by atoms with Gasteiger partial charge in [-0.3, -0.25) is 0 Å². The van der Waals surface area contributed by atoms with Gasteiger partial charge < -0.3 is 10.5 Å². The standard InChI is InChI=1S/C12H15F2NO/c1-16-11-7-10(14)9(13)6-8(11)12(2-3-12)4-5-15/h6-7H,2-5,15H2,1H3. The zero-order valence-electron chi connectivity index (χ0n) is 9.22. The van der Waals surface area contributed by atoms with Gasteiger partial charge in [-0.25, -0.2) is 8.78 Å². The quantitative estimate of drug-likeness (QED) is 0.857.